The second-order valence-corrected chi connectivity index (χ2v) is 6.27. The number of amides is 2. The fourth-order valence-corrected chi connectivity index (χ4v) is 3.02. The number of para-hydroxylation sites is 1. The van der Waals surface area contributed by atoms with Gasteiger partial charge in [-0.15, -0.1) is 0 Å². The minimum absolute atomic E-state index is 0.0690. The van der Waals surface area contributed by atoms with Crippen LogP contribution in [0.5, 0.6) is 0 Å². The molecule has 1 atom stereocenters. The predicted molar refractivity (Wildman–Crippen MR) is 93.7 cm³/mol. The van der Waals surface area contributed by atoms with E-state index in [9.17, 15) is 4.79 Å². The van der Waals surface area contributed by atoms with Gasteiger partial charge in [0, 0.05) is 38.0 Å². The Bertz CT molecular complexity index is 487. The Morgan fingerprint density at radius 1 is 1.26 bits per heavy atom. The van der Waals surface area contributed by atoms with Crippen LogP contribution in [0.4, 0.5) is 10.5 Å². The summed E-state index contributed by atoms with van der Waals surface area (Å²) in [5, 5.41) is 14.7. The highest BCUT2D eigenvalue weighted by molar-refractivity contribution is 5.74. The Hall–Kier alpha value is -1.75. The summed E-state index contributed by atoms with van der Waals surface area (Å²) in [5.74, 6) is 0. The number of aliphatic hydroxyl groups excluding tert-OH is 1. The monoisotopic (exact) mass is 319 g/mol. The van der Waals surface area contributed by atoms with E-state index >= 15 is 0 Å². The second-order valence-electron chi connectivity index (χ2n) is 6.27. The summed E-state index contributed by atoms with van der Waals surface area (Å²) < 4.78 is 0. The van der Waals surface area contributed by atoms with Crippen LogP contribution in [0.25, 0.3) is 0 Å². The molecule has 5 nitrogen and oxygen atoms in total. The Labute approximate surface area is 139 Å². The van der Waals surface area contributed by atoms with Crippen LogP contribution in [0, 0.1) is 0 Å². The first kappa shape index (κ1) is 17.6. The van der Waals surface area contributed by atoms with E-state index in [-0.39, 0.29) is 18.7 Å². The summed E-state index contributed by atoms with van der Waals surface area (Å²) in [5.41, 5.74) is 2.40. The normalized spacial score (nSPS) is 16.0. The Kier molecular flexibility index (Phi) is 7.20. The molecule has 0 bridgehead atoms. The molecular weight excluding hydrogens is 290 g/mol. The van der Waals surface area contributed by atoms with Gasteiger partial charge in [-0.2, -0.15) is 0 Å². The summed E-state index contributed by atoms with van der Waals surface area (Å²) in [4.78, 5) is 14.4. The van der Waals surface area contributed by atoms with E-state index in [0.717, 1.165) is 25.1 Å². The third-order valence-electron chi connectivity index (χ3n) is 4.30. The van der Waals surface area contributed by atoms with Gasteiger partial charge in [0.05, 0.1) is 0 Å². The second kappa shape index (κ2) is 9.40. The van der Waals surface area contributed by atoms with Crippen molar-refractivity contribution in [2.75, 3.05) is 24.6 Å². The van der Waals surface area contributed by atoms with E-state index in [1.54, 1.807) is 0 Å². The van der Waals surface area contributed by atoms with Crippen LogP contribution in [0.15, 0.2) is 24.3 Å². The van der Waals surface area contributed by atoms with Gasteiger partial charge in [0.2, 0.25) is 0 Å². The lowest BCUT2D eigenvalue weighted by atomic mass is 10.1. The zero-order valence-corrected chi connectivity index (χ0v) is 14.1. The van der Waals surface area contributed by atoms with E-state index in [1.165, 1.54) is 24.9 Å². The Balaban J connectivity index is 1.86. The van der Waals surface area contributed by atoms with Gasteiger partial charge < -0.3 is 20.6 Å². The molecule has 1 saturated heterocycles. The van der Waals surface area contributed by atoms with Gasteiger partial charge >= 0.3 is 6.03 Å². The van der Waals surface area contributed by atoms with Crippen molar-refractivity contribution in [3.05, 3.63) is 29.8 Å². The zero-order chi connectivity index (χ0) is 16.5. The summed E-state index contributed by atoms with van der Waals surface area (Å²) in [7, 11) is 0. The predicted octanol–water partition coefficient (Wildman–Crippen LogP) is 2.64. The highest BCUT2D eigenvalue weighted by Gasteiger charge is 2.14. The molecule has 0 saturated carbocycles. The molecule has 1 aromatic carbocycles. The molecule has 128 valence electrons. The number of piperidine rings is 1. The molecule has 3 N–H and O–H groups in total. The van der Waals surface area contributed by atoms with Crippen molar-refractivity contribution < 1.29 is 9.90 Å². The van der Waals surface area contributed by atoms with Gasteiger partial charge in [-0.05, 0) is 50.7 Å². The van der Waals surface area contributed by atoms with E-state index in [1.807, 2.05) is 13.0 Å². The first-order valence-electron chi connectivity index (χ1n) is 8.69. The first-order valence-corrected chi connectivity index (χ1v) is 8.69. The van der Waals surface area contributed by atoms with E-state index < -0.39 is 0 Å². The standard InChI is InChI=1S/C18H29N3O2/c1-15(8-7-13-22)20-18(23)19-14-16-9-3-4-10-17(16)21-11-5-2-6-12-21/h3-4,9-10,15,22H,2,5-8,11-14H2,1H3,(H2,19,20,23). The zero-order valence-electron chi connectivity index (χ0n) is 14.1. The number of benzene rings is 1. The maximum absolute atomic E-state index is 12.0. The molecule has 0 spiro atoms. The quantitative estimate of drug-likeness (QED) is 0.724. The lowest BCUT2D eigenvalue weighted by Crippen LogP contribution is -2.40. The number of hydrogen-bond donors (Lipinski definition) is 3. The van der Waals surface area contributed by atoms with Gasteiger partial charge in [-0.1, -0.05) is 18.2 Å². The van der Waals surface area contributed by atoms with Crippen molar-refractivity contribution in [2.45, 2.75) is 51.6 Å². The summed E-state index contributed by atoms with van der Waals surface area (Å²) in [6.45, 7) is 4.85. The number of nitrogens with one attached hydrogen (secondary N) is 2. The first-order chi connectivity index (χ1) is 11.2. The van der Waals surface area contributed by atoms with E-state index in [4.69, 9.17) is 5.11 Å². The number of urea groups is 1. The van der Waals surface area contributed by atoms with Crippen molar-refractivity contribution in [3.8, 4) is 0 Å². The third kappa shape index (κ3) is 5.75. The number of aliphatic hydroxyl groups is 1. The molecule has 1 aliphatic heterocycles. The molecule has 5 heteroatoms. The van der Waals surface area contributed by atoms with E-state index in [2.05, 4.69) is 33.7 Å². The molecule has 1 aromatic rings. The van der Waals surface area contributed by atoms with Crippen LogP contribution in [0.3, 0.4) is 0 Å². The van der Waals surface area contributed by atoms with Crippen molar-refractivity contribution >= 4 is 11.7 Å². The molecule has 23 heavy (non-hydrogen) atoms. The van der Waals surface area contributed by atoms with Gasteiger partial charge in [0.1, 0.15) is 0 Å². The molecule has 1 heterocycles. The number of hydrogen-bond acceptors (Lipinski definition) is 3. The van der Waals surface area contributed by atoms with Crippen LogP contribution in [0.2, 0.25) is 0 Å². The van der Waals surface area contributed by atoms with Crippen LogP contribution < -0.4 is 15.5 Å². The molecule has 1 aliphatic rings. The van der Waals surface area contributed by atoms with Gasteiger partial charge in [-0.25, -0.2) is 4.79 Å². The number of nitrogens with zero attached hydrogens (tertiary/aromatic N) is 1. The minimum Gasteiger partial charge on any atom is -0.396 e. The smallest absolute Gasteiger partial charge is 0.315 e. The molecule has 1 unspecified atom stereocenters. The largest absolute Gasteiger partial charge is 0.396 e. The highest BCUT2D eigenvalue weighted by Crippen LogP contribution is 2.23. The van der Waals surface area contributed by atoms with Crippen molar-refractivity contribution in [1.29, 1.82) is 0 Å². The fraction of sp³-hybridized carbons (Fsp3) is 0.611. The summed E-state index contributed by atoms with van der Waals surface area (Å²) in [6, 6.07) is 8.23. The molecule has 2 amide bonds. The number of carbonyl (C=O) groups excluding carboxylic acids is 1. The molecule has 0 aromatic heterocycles. The van der Waals surface area contributed by atoms with Crippen LogP contribution in [-0.2, 0) is 6.54 Å². The summed E-state index contributed by atoms with van der Waals surface area (Å²) >= 11 is 0. The van der Waals surface area contributed by atoms with Crippen molar-refractivity contribution in [3.63, 3.8) is 0 Å². The lowest BCUT2D eigenvalue weighted by Gasteiger charge is -2.30. The highest BCUT2D eigenvalue weighted by atomic mass is 16.3. The van der Waals surface area contributed by atoms with E-state index in [0.29, 0.717) is 13.0 Å². The van der Waals surface area contributed by atoms with Gasteiger partial charge in [-0.3, -0.25) is 0 Å². The SMILES string of the molecule is CC(CCCO)NC(=O)NCc1ccccc1N1CCCCC1. The molecule has 0 aliphatic carbocycles. The molecule has 1 fully saturated rings. The number of anilines is 1. The minimum atomic E-state index is -0.149. The number of carbonyl (C=O) groups is 1. The Morgan fingerprint density at radius 2 is 2.00 bits per heavy atom. The number of rotatable bonds is 7. The fourth-order valence-electron chi connectivity index (χ4n) is 3.02. The van der Waals surface area contributed by atoms with Crippen LogP contribution in [0.1, 0.15) is 44.6 Å². The lowest BCUT2D eigenvalue weighted by molar-refractivity contribution is 0.234. The maximum atomic E-state index is 12.0. The van der Waals surface area contributed by atoms with Crippen molar-refractivity contribution in [1.82, 2.24) is 10.6 Å². The van der Waals surface area contributed by atoms with Crippen molar-refractivity contribution in [2.24, 2.45) is 0 Å². The van der Waals surface area contributed by atoms with Crippen LogP contribution >= 0.6 is 0 Å². The average molecular weight is 319 g/mol. The van der Waals surface area contributed by atoms with Gasteiger partial charge in [0.15, 0.2) is 0 Å². The molecular formula is C18H29N3O2. The topological polar surface area (TPSA) is 64.6 Å². The molecule has 2 rings (SSSR count). The molecule has 0 radical (unpaired) electrons. The summed E-state index contributed by atoms with van der Waals surface area (Å²) in [6.07, 6.45) is 5.29. The van der Waals surface area contributed by atoms with Gasteiger partial charge in [0.25, 0.3) is 0 Å². The van der Waals surface area contributed by atoms with Crippen LogP contribution in [-0.4, -0.2) is 36.9 Å². The maximum Gasteiger partial charge on any atom is 0.315 e. The third-order valence-corrected chi connectivity index (χ3v) is 4.30. The average Bonchev–Trinajstić information content (AvgIpc) is 2.59. The Morgan fingerprint density at radius 3 is 2.74 bits per heavy atom.